The van der Waals surface area contributed by atoms with Gasteiger partial charge < -0.3 is 14.4 Å². The van der Waals surface area contributed by atoms with Crippen molar-refractivity contribution in [2.75, 3.05) is 0 Å². The fraction of sp³-hybridized carbons (Fsp3) is 0.130. The van der Waals surface area contributed by atoms with E-state index in [1.807, 2.05) is 31.2 Å². The first-order valence-electron chi connectivity index (χ1n) is 9.33. The molecule has 0 saturated carbocycles. The molecule has 0 fully saturated rings. The third-order valence-electron chi connectivity index (χ3n) is 4.75. The van der Waals surface area contributed by atoms with Crippen LogP contribution in [-0.4, -0.2) is 21.6 Å². The summed E-state index contributed by atoms with van der Waals surface area (Å²) in [5.41, 5.74) is 3.37. The van der Waals surface area contributed by atoms with Crippen LogP contribution < -0.4 is 4.74 Å². The summed E-state index contributed by atoms with van der Waals surface area (Å²) in [7, 11) is 0. The van der Waals surface area contributed by atoms with Gasteiger partial charge in [0, 0.05) is 29.1 Å². The number of benzene rings is 2. The zero-order valence-electron chi connectivity index (χ0n) is 16.3. The van der Waals surface area contributed by atoms with E-state index in [2.05, 4.69) is 14.9 Å². The molecule has 2 aromatic heterocycles. The molecule has 31 heavy (non-hydrogen) atoms. The third kappa shape index (κ3) is 4.44. The number of alkyl halides is 3. The predicted molar refractivity (Wildman–Crippen MR) is 107 cm³/mol. The average Bonchev–Trinajstić information content (AvgIpc) is 3.18. The van der Waals surface area contributed by atoms with E-state index in [0.717, 1.165) is 11.1 Å². The van der Waals surface area contributed by atoms with Gasteiger partial charge >= 0.3 is 6.36 Å². The molecule has 2 heterocycles. The zero-order valence-corrected chi connectivity index (χ0v) is 16.3. The lowest BCUT2D eigenvalue weighted by atomic mass is 9.93. The van der Waals surface area contributed by atoms with Crippen molar-refractivity contribution in [3.63, 3.8) is 0 Å². The Kier molecular flexibility index (Phi) is 5.48. The van der Waals surface area contributed by atoms with Crippen molar-refractivity contribution in [1.29, 1.82) is 0 Å². The molecule has 5 nitrogen and oxygen atoms in total. The van der Waals surface area contributed by atoms with E-state index in [1.54, 1.807) is 18.3 Å². The normalized spacial score (nSPS) is 12.5. The Labute approximate surface area is 175 Å². The molecule has 0 saturated heterocycles. The highest BCUT2D eigenvalue weighted by molar-refractivity contribution is 5.75. The van der Waals surface area contributed by atoms with Crippen molar-refractivity contribution in [2.24, 2.45) is 0 Å². The van der Waals surface area contributed by atoms with Gasteiger partial charge in [-0.15, -0.1) is 13.2 Å². The molecule has 0 amide bonds. The van der Waals surface area contributed by atoms with Crippen LogP contribution in [0.25, 0.3) is 22.6 Å². The number of hydrogen-bond acceptors (Lipinski definition) is 5. The van der Waals surface area contributed by atoms with Gasteiger partial charge in [0.05, 0.1) is 5.56 Å². The molecule has 1 N–H and O–H groups in total. The topological polar surface area (TPSA) is 68.4 Å². The minimum atomic E-state index is -4.78. The van der Waals surface area contributed by atoms with E-state index in [0.29, 0.717) is 28.1 Å². The molecule has 1 unspecified atom stereocenters. The van der Waals surface area contributed by atoms with Crippen LogP contribution in [0.15, 0.2) is 77.6 Å². The van der Waals surface area contributed by atoms with Gasteiger partial charge in [0.2, 0.25) is 0 Å². The Morgan fingerprint density at radius 2 is 1.74 bits per heavy atom. The second kappa shape index (κ2) is 8.23. The summed E-state index contributed by atoms with van der Waals surface area (Å²) in [5.74, 6) is 0.0216. The maximum absolute atomic E-state index is 12.5. The van der Waals surface area contributed by atoms with Gasteiger partial charge in [0.15, 0.2) is 5.76 Å². The quantitative estimate of drug-likeness (QED) is 0.444. The summed E-state index contributed by atoms with van der Waals surface area (Å²) in [6.07, 6.45) is -2.78. The minimum absolute atomic E-state index is 0.313. The summed E-state index contributed by atoms with van der Waals surface area (Å²) in [5, 5.41) is 15.3. The smallest absolute Gasteiger partial charge is 0.406 e. The highest BCUT2D eigenvalue weighted by Crippen LogP contribution is 2.40. The van der Waals surface area contributed by atoms with Crippen molar-refractivity contribution in [3.8, 4) is 28.3 Å². The minimum Gasteiger partial charge on any atom is -0.406 e. The average molecular weight is 426 g/mol. The molecule has 1 atom stereocenters. The first kappa shape index (κ1) is 20.6. The lowest BCUT2D eigenvalue weighted by Crippen LogP contribution is -2.16. The van der Waals surface area contributed by atoms with Crippen LogP contribution in [0.2, 0.25) is 0 Å². The van der Waals surface area contributed by atoms with Crippen LogP contribution in [0.1, 0.15) is 22.8 Å². The van der Waals surface area contributed by atoms with E-state index >= 15 is 0 Å². The zero-order chi connectivity index (χ0) is 22.0. The number of aliphatic hydroxyl groups is 1. The Bertz CT molecular complexity index is 1170. The highest BCUT2D eigenvalue weighted by atomic mass is 19.4. The highest BCUT2D eigenvalue weighted by Gasteiger charge is 2.31. The maximum atomic E-state index is 12.5. The van der Waals surface area contributed by atoms with Gasteiger partial charge in [-0.1, -0.05) is 35.5 Å². The molecule has 0 radical (unpaired) electrons. The number of hydrogen-bond donors (Lipinski definition) is 1. The first-order chi connectivity index (χ1) is 14.8. The van der Waals surface area contributed by atoms with E-state index in [4.69, 9.17) is 4.52 Å². The number of nitrogens with zero attached hydrogens (tertiary/aromatic N) is 2. The monoisotopic (exact) mass is 426 g/mol. The number of halogens is 3. The lowest BCUT2D eigenvalue weighted by molar-refractivity contribution is -0.274. The van der Waals surface area contributed by atoms with Crippen LogP contribution in [0.5, 0.6) is 5.75 Å². The lowest BCUT2D eigenvalue weighted by Gasteiger charge is -2.14. The molecule has 8 heteroatoms. The van der Waals surface area contributed by atoms with Crippen molar-refractivity contribution in [3.05, 3.63) is 89.7 Å². The molecule has 4 rings (SSSR count). The number of rotatable bonds is 5. The molecular formula is C23H17F3N2O3. The molecule has 4 aromatic rings. The molecule has 0 aliphatic rings. The second-order valence-electron chi connectivity index (χ2n) is 6.85. The maximum Gasteiger partial charge on any atom is 0.573 e. The molecule has 0 aliphatic carbocycles. The Morgan fingerprint density at radius 1 is 1.00 bits per heavy atom. The summed E-state index contributed by atoms with van der Waals surface area (Å²) < 4.78 is 46.9. The van der Waals surface area contributed by atoms with E-state index < -0.39 is 12.5 Å². The molecule has 2 aromatic carbocycles. The van der Waals surface area contributed by atoms with Crippen LogP contribution in [0.3, 0.4) is 0 Å². The Morgan fingerprint density at radius 3 is 2.39 bits per heavy atom. The van der Waals surface area contributed by atoms with Crippen LogP contribution in [0.4, 0.5) is 13.2 Å². The number of ether oxygens (including phenoxy) is 1. The fourth-order valence-electron chi connectivity index (χ4n) is 3.30. The van der Waals surface area contributed by atoms with E-state index in [-0.39, 0.29) is 5.75 Å². The summed E-state index contributed by atoms with van der Waals surface area (Å²) in [6.45, 7) is 1.90. The van der Waals surface area contributed by atoms with E-state index in [1.165, 1.54) is 30.5 Å². The molecular weight excluding hydrogens is 409 g/mol. The second-order valence-corrected chi connectivity index (χ2v) is 6.85. The third-order valence-corrected chi connectivity index (χ3v) is 4.75. The number of pyridine rings is 1. The van der Waals surface area contributed by atoms with Crippen molar-refractivity contribution in [2.45, 2.75) is 19.4 Å². The van der Waals surface area contributed by atoms with Crippen LogP contribution in [0, 0.1) is 6.92 Å². The van der Waals surface area contributed by atoms with Crippen molar-refractivity contribution < 1.29 is 27.5 Å². The van der Waals surface area contributed by atoms with Gasteiger partial charge in [0.1, 0.15) is 17.5 Å². The number of aliphatic hydroxyl groups excluding tert-OH is 1. The Hall–Kier alpha value is -3.65. The predicted octanol–water partition coefficient (Wildman–Crippen LogP) is 5.69. The molecule has 0 spiro atoms. The van der Waals surface area contributed by atoms with Crippen LogP contribution >= 0.6 is 0 Å². The van der Waals surface area contributed by atoms with Gasteiger partial charge in [-0.2, -0.15) is 0 Å². The van der Waals surface area contributed by atoms with E-state index in [9.17, 15) is 18.3 Å². The van der Waals surface area contributed by atoms with Crippen LogP contribution in [-0.2, 0) is 0 Å². The summed E-state index contributed by atoms with van der Waals surface area (Å²) >= 11 is 0. The van der Waals surface area contributed by atoms with Gasteiger partial charge in [-0.05, 0) is 42.8 Å². The first-order valence-corrected chi connectivity index (χ1v) is 9.33. The SMILES string of the molecule is Cc1ccccc1-c1onc(-c2ccc(OC(F)(F)F)cc2)c1C(O)c1cccnc1. The molecule has 0 aliphatic heterocycles. The number of aromatic nitrogens is 2. The standard InChI is InChI=1S/C23H17F3N2O3/c1-14-5-2-3-7-18(14)22-19(21(29)16-6-4-12-27-13-16)20(28-31-22)15-8-10-17(11-9-15)30-23(24,25)26/h2-13,21,29H,1H3. The largest absolute Gasteiger partial charge is 0.573 e. The summed E-state index contributed by atoms with van der Waals surface area (Å²) in [4.78, 5) is 4.05. The van der Waals surface area contributed by atoms with Gasteiger partial charge in [0.25, 0.3) is 0 Å². The van der Waals surface area contributed by atoms with Crippen molar-refractivity contribution in [1.82, 2.24) is 10.1 Å². The Balaban J connectivity index is 1.83. The summed E-state index contributed by atoms with van der Waals surface area (Å²) in [6, 6.07) is 16.1. The fourth-order valence-corrected chi connectivity index (χ4v) is 3.30. The molecule has 158 valence electrons. The van der Waals surface area contributed by atoms with Crippen molar-refractivity contribution >= 4 is 0 Å². The number of aryl methyl sites for hydroxylation is 1. The van der Waals surface area contributed by atoms with Gasteiger partial charge in [-0.3, -0.25) is 4.98 Å². The molecule has 0 bridgehead atoms. The van der Waals surface area contributed by atoms with Gasteiger partial charge in [-0.25, -0.2) is 0 Å².